The highest BCUT2D eigenvalue weighted by atomic mass is 19.1. The van der Waals surface area contributed by atoms with Gasteiger partial charge in [0.15, 0.2) is 0 Å². The van der Waals surface area contributed by atoms with Crippen molar-refractivity contribution in [2.75, 3.05) is 31.1 Å². The van der Waals surface area contributed by atoms with Crippen LogP contribution < -0.4 is 4.90 Å². The van der Waals surface area contributed by atoms with Crippen LogP contribution in [0, 0.1) is 11.6 Å². The number of anilines is 1. The second kappa shape index (κ2) is 7.56. The van der Waals surface area contributed by atoms with E-state index in [0.717, 1.165) is 31.5 Å². The summed E-state index contributed by atoms with van der Waals surface area (Å²) in [6.07, 6.45) is 3.20. The van der Waals surface area contributed by atoms with E-state index in [-0.39, 0.29) is 11.6 Å². The molecule has 2 fully saturated rings. The van der Waals surface area contributed by atoms with Gasteiger partial charge in [-0.15, -0.1) is 0 Å². The minimum Gasteiger partial charge on any atom is -0.385 e. The van der Waals surface area contributed by atoms with Gasteiger partial charge in [0.2, 0.25) is 0 Å². The minimum atomic E-state index is -1.12. The first-order valence-electron chi connectivity index (χ1n) is 9.78. The van der Waals surface area contributed by atoms with Crippen LogP contribution in [0.1, 0.15) is 36.8 Å². The van der Waals surface area contributed by atoms with Crippen LogP contribution in [-0.2, 0) is 12.1 Å². The van der Waals surface area contributed by atoms with Crippen LogP contribution in [0.4, 0.5) is 14.5 Å². The molecular formula is C22H26F2N2O. The van der Waals surface area contributed by atoms with Gasteiger partial charge in [-0.1, -0.05) is 24.3 Å². The van der Waals surface area contributed by atoms with Gasteiger partial charge >= 0.3 is 0 Å². The highest BCUT2D eigenvalue weighted by Gasteiger charge is 2.35. The first-order chi connectivity index (χ1) is 13.0. The SMILES string of the molecule is OC1(c2ccccc2F)CCN(Cc2ccc(N3CCCC3)c(F)c2)CC1. The third-order valence-corrected chi connectivity index (χ3v) is 5.92. The zero-order chi connectivity index (χ0) is 18.9. The summed E-state index contributed by atoms with van der Waals surface area (Å²) in [4.78, 5) is 4.30. The van der Waals surface area contributed by atoms with Gasteiger partial charge < -0.3 is 10.0 Å². The van der Waals surface area contributed by atoms with Crippen LogP contribution in [0.25, 0.3) is 0 Å². The maximum absolute atomic E-state index is 14.5. The molecule has 0 spiro atoms. The smallest absolute Gasteiger partial charge is 0.146 e. The van der Waals surface area contributed by atoms with E-state index in [1.54, 1.807) is 24.3 Å². The zero-order valence-corrected chi connectivity index (χ0v) is 15.5. The van der Waals surface area contributed by atoms with Gasteiger partial charge in [-0.25, -0.2) is 8.78 Å². The molecule has 0 aromatic heterocycles. The van der Waals surface area contributed by atoms with E-state index < -0.39 is 5.60 Å². The summed E-state index contributed by atoms with van der Waals surface area (Å²) in [7, 11) is 0. The predicted octanol–water partition coefficient (Wildman–Crippen LogP) is 4.05. The van der Waals surface area contributed by atoms with Crippen LogP contribution in [-0.4, -0.2) is 36.2 Å². The zero-order valence-electron chi connectivity index (χ0n) is 15.5. The molecule has 2 aliphatic rings. The molecule has 0 unspecified atom stereocenters. The molecule has 0 bridgehead atoms. The lowest BCUT2D eigenvalue weighted by molar-refractivity contribution is -0.0302. The number of benzene rings is 2. The van der Waals surface area contributed by atoms with Crippen molar-refractivity contribution < 1.29 is 13.9 Å². The summed E-state index contributed by atoms with van der Waals surface area (Å²) in [5.74, 6) is -0.512. The Bertz CT molecular complexity index is 797. The van der Waals surface area contributed by atoms with Gasteiger partial charge in [-0.2, -0.15) is 0 Å². The van der Waals surface area contributed by atoms with Crippen LogP contribution in [0.2, 0.25) is 0 Å². The molecule has 2 saturated heterocycles. The summed E-state index contributed by atoms with van der Waals surface area (Å²) in [6, 6.07) is 12.0. The number of halogens is 2. The van der Waals surface area contributed by atoms with Crippen molar-refractivity contribution in [2.24, 2.45) is 0 Å². The number of hydrogen-bond donors (Lipinski definition) is 1. The molecule has 5 heteroatoms. The molecule has 0 amide bonds. The van der Waals surface area contributed by atoms with Gasteiger partial charge in [-0.05, 0) is 49.4 Å². The number of piperidine rings is 1. The monoisotopic (exact) mass is 372 g/mol. The number of aliphatic hydroxyl groups is 1. The molecule has 0 atom stereocenters. The van der Waals surface area contributed by atoms with Gasteiger partial charge in [-0.3, -0.25) is 4.90 Å². The van der Waals surface area contributed by atoms with Crippen LogP contribution >= 0.6 is 0 Å². The highest BCUT2D eigenvalue weighted by molar-refractivity contribution is 5.49. The van der Waals surface area contributed by atoms with Crippen LogP contribution in [0.3, 0.4) is 0 Å². The van der Waals surface area contributed by atoms with Gasteiger partial charge in [0.1, 0.15) is 11.6 Å². The number of likely N-dealkylation sites (tertiary alicyclic amines) is 1. The molecule has 3 nitrogen and oxygen atoms in total. The van der Waals surface area contributed by atoms with E-state index in [1.165, 1.54) is 6.07 Å². The Morgan fingerprint density at radius 2 is 1.59 bits per heavy atom. The van der Waals surface area contributed by atoms with Crippen molar-refractivity contribution in [3.63, 3.8) is 0 Å². The molecule has 27 heavy (non-hydrogen) atoms. The van der Waals surface area contributed by atoms with E-state index >= 15 is 0 Å². The topological polar surface area (TPSA) is 26.7 Å². The first-order valence-corrected chi connectivity index (χ1v) is 9.78. The molecule has 0 aliphatic carbocycles. The largest absolute Gasteiger partial charge is 0.385 e. The Hall–Kier alpha value is -1.98. The van der Waals surface area contributed by atoms with Crippen LogP contribution in [0.5, 0.6) is 0 Å². The molecule has 2 aromatic carbocycles. The van der Waals surface area contributed by atoms with Crippen molar-refractivity contribution in [1.29, 1.82) is 0 Å². The fourth-order valence-electron chi connectivity index (χ4n) is 4.31. The molecule has 2 aliphatic heterocycles. The highest BCUT2D eigenvalue weighted by Crippen LogP contribution is 2.35. The standard InChI is InChI=1S/C22H26F2N2O/c23-19-6-2-1-5-18(19)22(27)9-13-25(14-10-22)16-17-7-8-21(20(24)15-17)26-11-3-4-12-26/h1-2,5-8,15,27H,3-4,9-14,16H2. The van der Waals surface area contributed by atoms with Gasteiger partial charge in [0, 0.05) is 38.3 Å². The molecular weight excluding hydrogens is 346 g/mol. The Morgan fingerprint density at radius 3 is 2.26 bits per heavy atom. The second-order valence-corrected chi connectivity index (χ2v) is 7.77. The second-order valence-electron chi connectivity index (χ2n) is 7.77. The quantitative estimate of drug-likeness (QED) is 0.877. The third kappa shape index (κ3) is 3.85. The van der Waals surface area contributed by atoms with Crippen molar-refractivity contribution in [1.82, 2.24) is 4.90 Å². The lowest BCUT2D eigenvalue weighted by Gasteiger charge is -2.38. The third-order valence-electron chi connectivity index (χ3n) is 5.92. The number of hydrogen-bond acceptors (Lipinski definition) is 3. The van der Waals surface area contributed by atoms with E-state index in [2.05, 4.69) is 9.80 Å². The summed E-state index contributed by atoms with van der Waals surface area (Å²) in [5.41, 5.74) is 0.897. The molecule has 4 rings (SSSR count). The maximum Gasteiger partial charge on any atom is 0.146 e. The van der Waals surface area contributed by atoms with E-state index in [1.807, 2.05) is 12.1 Å². The molecule has 0 radical (unpaired) electrons. The Kier molecular flexibility index (Phi) is 5.15. The number of nitrogens with zero attached hydrogens (tertiary/aromatic N) is 2. The summed E-state index contributed by atoms with van der Waals surface area (Å²) < 4.78 is 28.6. The van der Waals surface area contributed by atoms with E-state index in [4.69, 9.17) is 0 Å². The molecule has 2 aromatic rings. The Labute approximate surface area is 159 Å². The molecule has 144 valence electrons. The summed E-state index contributed by atoms with van der Waals surface area (Å²) in [6.45, 7) is 3.80. The van der Waals surface area contributed by atoms with E-state index in [9.17, 15) is 13.9 Å². The maximum atomic E-state index is 14.5. The van der Waals surface area contributed by atoms with E-state index in [0.29, 0.717) is 43.7 Å². The average Bonchev–Trinajstić information content (AvgIpc) is 3.19. The Morgan fingerprint density at radius 1 is 0.889 bits per heavy atom. The van der Waals surface area contributed by atoms with Crippen molar-refractivity contribution in [2.45, 2.75) is 37.8 Å². The first kappa shape index (κ1) is 18.4. The van der Waals surface area contributed by atoms with Crippen molar-refractivity contribution >= 4 is 5.69 Å². The summed E-state index contributed by atoms with van der Waals surface area (Å²) in [5, 5.41) is 10.9. The number of rotatable bonds is 4. The lowest BCUT2D eigenvalue weighted by atomic mass is 9.84. The minimum absolute atomic E-state index is 0.158. The molecule has 0 saturated carbocycles. The van der Waals surface area contributed by atoms with Gasteiger partial charge in [0.25, 0.3) is 0 Å². The fraction of sp³-hybridized carbons (Fsp3) is 0.455. The van der Waals surface area contributed by atoms with Gasteiger partial charge in [0.05, 0.1) is 11.3 Å². The average molecular weight is 372 g/mol. The Balaban J connectivity index is 1.39. The lowest BCUT2D eigenvalue weighted by Crippen LogP contribution is -2.42. The molecule has 1 N–H and O–H groups in total. The van der Waals surface area contributed by atoms with Crippen molar-refractivity contribution in [3.8, 4) is 0 Å². The normalized spacial score (nSPS) is 20.2. The van der Waals surface area contributed by atoms with Crippen molar-refractivity contribution in [3.05, 3.63) is 65.2 Å². The predicted molar refractivity (Wildman–Crippen MR) is 103 cm³/mol. The molecule has 2 heterocycles. The van der Waals surface area contributed by atoms with Crippen LogP contribution in [0.15, 0.2) is 42.5 Å². The summed E-state index contributed by atoms with van der Waals surface area (Å²) >= 11 is 0. The fourth-order valence-corrected chi connectivity index (χ4v) is 4.31.